The average molecular weight is 683 g/mol. The summed E-state index contributed by atoms with van der Waals surface area (Å²) in [5.41, 5.74) is 0. The maximum Gasteiger partial charge on any atom is 0.472 e. The molecule has 0 spiro atoms. The van der Waals surface area contributed by atoms with E-state index in [4.69, 9.17) is 18.5 Å². The SMILES string of the molecule is CC/C=C/C=C/C=C/C=C/CCCCCC(=O)OC(COC(=O)CCCCCC/C=C/CCCC)COP(=O)(O)OCC[N+](C)(C)C. The molecule has 10 heteroatoms. The molecule has 0 radical (unpaired) electrons. The second-order valence-electron chi connectivity index (χ2n) is 12.6. The molecule has 47 heavy (non-hydrogen) atoms. The van der Waals surface area contributed by atoms with E-state index in [2.05, 4.69) is 38.2 Å². The van der Waals surface area contributed by atoms with E-state index in [0.717, 1.165) is 57.8 Å². The normalized spacial score (nSPS) is 14.6. The number of rotatable bonds is 30. The third-order valence-electron chi connectivity index (χ3n) is 6.88. The molecule has 0 rings (SSSR count). The molecular formula is C37H65NO8P+. The van der Waals surface area contributed by atoms with Crippen molar-refractivity contribution in [1.29, 1.82) is 0 Å². The molecule has 0 bridgehead atoms. The fourth-order valence-corrected chi connectivity index (χ4v) is 4.80. The molecule has 9 nitrogen and oxygen atoms in total. The number of phosphoric acid groups is 1. The summed E-state index contributed by atoms with van der Waals surface area (Å²) in [4.78, 5) is 35.0. The molecule has 0 saturated heterocycles. The largest absolute Gasteiger partial charge is 0.472 e. The number of hydrogen-bond acceptors (Lipinski definition) is 7. The van der Waals surface area contributed by atoms with Crippen molar-refractivity contribution in [2.24, 2.45) is 0 Å². The molecule has 0 fully saturated rings. The number of unbranched alkanes of at least 4 members (excludes halogenated alkanes) is 9. The van der Waals surface area contributed by atoms with Gasteiger partial charge in [-0.2, -0.15) is 0 Å². The summed E-state index contributed by atoms with van der Waals surface area (Å²) >= 11 is 0. The van der Waals surface area contributed by atoms with Crippen LogP contribution < -0.4 is 0 Å². The first kappa shape index (κ1) is 44.7. The first-order valence-corrected chi connectivity index (χ1v) is 19.1. The standard InChI is InChI=1S/C37H64NO8P/c1-6-8-10-12-14-16-18-19-20-22-24-26-28-30-37(40)46-35(34-45-47(41,42)44-32-31-38(3,4)5)33-43-36(39)29-27-25-23-21-17-15-13-11-9-7-2/h8,10,12-16,18-20,35H,6-7,9,11,17,21-34H2,1-5H3/p+1/b10-8+,14-12+,15-13+,18-16+,20-19+. The molecule has 2 atom stereocenters. The van der Waals surface area contributed by atoms with Crippen molar-refractivity contribution in [2.75, 3.05) is 47.5 Å². The Bertz CT molecular complexity index is 997. The van der Waals surface area contributed by atoms with Crippen LogP contribution in [0.3, 0.4) is 0 Å². The van der Waals surface area contributed by atoms with Gasteiger partial charge in [-0.05, 0) is 51.4 Å². The molecule has 0 aliphatic heterocycles. The first-order chi connectivity index (χ1) is 22.5. The number of carbonyl (C=O) groups excluding carboxylic acids is 2. The van der Waals surface area contributed by atoms with Crippen LogP contribution in [-0.2, 0) is 32.7 Å². The monoisotopic (exact) mass is 682 g/mol. The van der Waals surface area contributed by atoms with E-state index in [0.29, 0.717) is 23.9 Å². The Labute approximate surface area is 286 Å². The fourth-order valence-electron chi connectivity index (χ4n) is 4.06. The van der Waals surface area contributed by atoms with E-state index in [1.165, 1.54) is 12.8 Å². The lowest BCUT2D eigenvalue weighted by Gasteiger charge is -2.24. The van der Waals surface area contributed by atoms with E-state index in [9.17, 15) is 19.0 Å². The van der Waals surface area contributed by atoms with Gasteiger partial charge in [0.2, 0.25) is 0 Å². The molecular weight excluding hydrogens is 617 g/mol. The van der Waals surface area contributed by atoms with E-state index in [1.807, 2.05) is 57.6 Å². The van der Waals surface area contributed by atoms with Crippen LogP contribution in [0.25, 0.3) is 0 Å². The van der Waals surface area contributed by atoms with Crippen molar-refractivity contribution in [3.63, 3.8) is 0 Å². The number of allylic oxidation sites excluding steroid dienone is 10. The van der Waals surface area contributed by atoms with Crippen LogP contribution in [0.4, 0.5) is 0 Å². The lowest BCUT2D eigenvalue weighted by atomic mass is 10.1. The third kappa shape index (κ3) is 33.4. The Morgan fingerprint density at radius 2 is 1.23 bits per heavy atom. The van der Waals surface area contributed by atoms with Gasteiger partial charge in [0.1, 0.15) is 19.8 Å². The van der Waals surface area contributed by atoms with Gasteiger partial charge in [0, 0.05) is 12.8 Å². The van der Waals surface area contributed by atoms with Gasteiger partial charge < -0.3 is 18.9 Å². The number of esters is 2. The van der Waals surface area contributed by atoms with Crippen LogP contribution in [0.5, 0.6) is 0 Å². The van der Waals surface area contributed by atoms with Crippen LogP contribution in [0.15, 0.2) is 60.8 Å². The molecule has 0 aromatic carbocycles. The van der Waals surface area contributed by atoms with Gasteiger partial charge >= 0.3 is 19.8 Å². The van der Waals surface area contributed by atoms with Gasteiger partial charge in [0.25, 0.3) is 0 Å². The number of phosphoric ester groups is 1. The zero-order valence-electron chi connectivity index (χ0n) is 30.0. The molecule has 0 aliphatic rings. The Hall–Kier alpha value is -2.29. The molecule has 0 aromatic heterocycles. The molecule has 1 N–H and O–H groups in total. The van der Waals surface area contributed by atoms with Gasteiger partial charge in [-0.25, -0.2) is 4.57 Å². The highest BCUT2D eigenvalue weighted by Crippen LogP contribution is 2.43. The lowest BCUT2D eigenvalue weighted by molar-refractivity contribution is -0.870. The van der Waals surface area contributed by atoms with Crippen LogP contribution in [0.1, 0.15) is 110 Å². The van der Waals surface area contributed by atoms with Crippen molar-refractivity contribution < 1.29 is 42.1 Å². The van der Waals surface area contributed by atoms with E-state index >= 15 is 0 Å². The number of hydrogen-bond donors (Lipinski definition) is 1. The van der Waals surface area contributed by atoms with Crippen molar-refractivity contribution in [3.8, 4) is 0 Å². The maximum absolute atomic E-state index is 12.6. The molecule has 0 aliphatic carbocycles. The number of nitrogens with zero attached hydrogens (tertiary/aromatic N) is 1. The second kappa shape index (κ2) is 29.8. The van der Waals surface area contributed by atoms with E-state index in [-0.39, 0.29) is 26.1 Å². The first-order valence-electron chi connectivity index (χ1n) is 17.6. The summed E-state index contributed by atoms with van der Waals surface area (Å²) < 4.78 is 34.0. The van der Waals surface area contributed by atoms with E-state index in [1.54, 1.807) is 0 Å². The highest BCUT2D eigenvalue weighted by atomic mass is 31.2. The zero-order chi connectivity index (χ0) is 35.1. The summed E-state index contributed by atoms with van der Waals surface area (Å²) in [6.07, 6.45) is 32.8. The Balaban J connectivity index is 4.61. The second-order valence-corrected chi connectivity index (χ2v) is 14.1. The molecule has 270 valence electrons. The highest BCUT2D eigenvalue weighted by molar-refractivity contribution is 7.47. The van der Waals surface area contributed by atoms with Crippen molar-refractivity contribution in [2.45, 2.75) is 116 Å². The smallest absolute Gasteiger partial charge is 0.462 e. The summed E-state index contributed by atoms with van der Waals surface area (Å²) in [7, 11) is 1.43. The third-order valence-corrected chi connectivity index (χ3v) is 7.86. The predicted octanol–water partition coefficient (Wildman–Crippen LogP) is 8.95. The molecule has 0 amide bonds. The zero-order valence-corrected chi connectivity index (χ0v) is 30.9. The van der Waals surface area contributed by atoms with Gasteiger partial charge in [0.05, 0.1) is 27.7 Å². The summed E-state index contributed by atoms with van der Waals surface area (Å²) in [6, 6.07) is 0. The van der Waals surface area contributed by atoms with Gasteiger partial charge in [-0.15, -0.1) is 0 Å². The van der Waals surface area contributed by atoms with Gasteiger partial charge in [-0.3, -0.25) is 18.6 Å². The minimum atomic E-state index is -4.38. The summed E-state index contributed by atoms with van der Waals surface area (Å²) in [6.45, 7) is 4.12. The number of likely N-dealkylation sites (N-methyl/N-ethyl adjacent to an activating group) is 1. The molecule has 0 aromatic rings. The van der Waals surface area contributed by atoms with Crippen LogP contribution in [0.2, 0.25) is 0 Å². The Morgan fingerprint density at radius 3 is 1.87 bits per heavy atom. The predicted molar refractivity (Wildman–Crippen MR) is 192 cm³/mol. The van der Waals surface area contributed by atoms with Crippen LogP contribution >= 0.6 is 7.82 Å². The van der Waals surface area contributed by atoms with Crippen molar-refractivity contribution in [3.05, 3.63) is 60.8 Å². The lowest BCUT2D eigenvalue weighted by Crippen LogP contribution is -2.37. The quantitative estimate of drug-likeness (QED) is 0.0200. The molecule has 0 saturated carbocycles. The summed E-state index contributed by atoms with van der Waals surface area (Å²) in [5, 5.41) is 0. The topological polar surface area (TPSA) is 108 Å². The van der Waals surface area contributed by atoms with Gasteiger partial charge in [0.15, 0.2) is 6.10 Å². The highest BCUT2D eigenvalue weighted by Gasteiger charge is 2.27. The fraction of sp³-hybridized carbons (Fsp3) is 0.676. The number of carbonyl (C=O) groups is 2. The number of ether oxygens (including phenoxy) is 2. The summed E-state index contributed by atoms with van der Waals surface area (Å²) in [5.74, 6) is -0.872. The maximum atomic E-state index is 12.6. The van der Waals surface area contributed by atoms with E-state index < -0.39 is 32.5 Å². The molecule has 2 unspecified atom stereocenters. The Kier molecular flexibility index (Phi) is 28.4. The van der Waals surface area contributed by atoms with Crippen LogP contribution in [0, 0.1) is 0 Å². The van der Waals surface area contributed by atoms with Crippen molar-refractivity contribution in [1.82, 2.24) is 0 Å². The number of quaternary nitrogens is 1. The minimum Gasteiger partial charge on any atom is -0.462 e. The Morgan fingerprint density at radius 1 is 0.681 bits per heavy atom. The van der Waals surface area contributed by atoms with Gasteiger partial charge in [-0.1, -0.05) is 107 Å². The minimum absolute atomic E-state index is 0.0189. The molecule has 0 heterocycles. The van der Waals surface area contributed by atoms with Crippen LogP contribution in [-0.4, -0.2) is 74.9 Å². The van der Waals surface area contributed by atoms with Crippen molar-refractivity contribution >= 4 is 19.8 Å². The average Bonchev–Trinajstić information content (AvgIpc) is 3.01.